The quantitative estimate of drug-likeness (QED) is 0.314. The second-order valence-corrected chi connectivity index (χ2v) is 5.71. The van der Waals surface area contributed by atoms with Crippen LogP contribution in [-0.4, -0.2) is 98.7 Å². The highest BCUT2D eigenvalue weighted by atomic mass is 19.1. The maximum atomic E-state index is 13.6. The summed E-state index contributed by atoms with van der Waals surface area (Å²) in [6.45, 7) is 0.929. The van der Waals surface area contributed by atoms with Crippen LogP contribution >= 0.6 is 0 Å². The van der Waals surface area contributed by atoms with E-state index < -0.39 is 68.1 Å². The van der Waals surface area contributed by atoms with Gasteiger partial charge in [0.05, 0.1) is 12.7 Å². The number of aliphatic hydroxyl groups excluding tert-OH is 6. The van der Waals surface area contributed by atoms with Crippen molar-refractivity contribution in [3.63, 3.8) is 0 Å². The standard InChI is InChI=1S/C13H23FO9/c1-2-4-7(16)9(18)11(20)13(21-4)23-12-10(19)8(17)6(14)5(3-15)22-12/h4-13,15-20H,2-3H2,1H3/t4?,5?,6-,7-,8+,9?,10?,11-,12-,13-/m1/s1. The zero-order valence-electron chi connectivity index (χ0n) is 12.5. The van der Waals surface area contributed by atoms with Gasteiger partial charge in [0.25, 0.3) is 0 Å². The summed E-state index contributed by atoms with van der Waals surface area (Å²) < 4.78 is 29.2. The molecular weight excluding hydrogens is 319 g/mol. The molecule has 0 amide bonds. The van der Waals surface area contributed by atoms with Crippen LogP contribution in [-0.2, 0) is 14.2 Å². The first-order chi connectivity index (χ1) is 10.8. The second-order valence-electron chi connectivity index (χ2n) is 5.71. The predicted octanol–water partition coefficient (Wildman–Crippen LogP) is -3.00. The van der Waals surface area contributed by atoms with Gasteiger partial charge in [0.1, 0.15) is 36.6 Å². The van der Waals surface area contributed by atoms with Crippen LogP contribution in [0.1, 0.15) is 13.3 Å². The van der Waals surface area contributed by atoms with Crippen molar-refractivity contribution in [3.05, 3.63) is 0 Å². The van der Waals surface area contributed by atoms with E-state index in [1.54, 1.807) is 6.92 Å². The van der Waals surface area contributed by atoms with Gasteiger partial charge in [-0.25, -0.2) is 4.39 Å². The average molecular weight is 342 g/mol. The molecule has 2 fully saturated rings. The summed E-state index contributed by atoms with van der Waals surface area (Å²) in [7, 11) is 0. The minimum absolute atomic E-state index is 0.313. The third-order valence-corrected chi connectivity index (χ3v) is 4.14. The summed E-state index contributed by atoms with van der Waals surface area (Å²) in [5.74, 6) is 0. The van der Waals surface area contributed by atoms with E-state index in [-0.39, 0.29) is 0 Å². The van der Waals surface area contributed by atoms with Gasteiger partial charge < -0.3 is 44.8 Å². The summed E-state index contributed by atoms with van der Waals surface area (Å²) in [6.07, 6.45) is -15.2. The third kappa shape index (κ3) is 3.65. The van der Waals surface area contributed by atoms with E-state index in [1.165, 1.54) is 0 Å². The molecule has 9 nitrogen and oxygen atoms in total. The van der Waals surface area contributed by atoms with Crippen LogP contribution in [0.3, 0.4) is 0 Å². The molecule has 23 heavy (non-hydrogen) atoms. The van der Waals surface area contributed by atoms with E-state index in [4.69, 9.17) is 19.3 Å². The Labute approximate surface area is 131 Å². The molecule has 2 heterocycles. The van der Waals surface area contributed by atoms with Crippen LogP contribution in [0.15, 0.2) is 0 Å². The molecule has 10 atom stereocenters. The average Bonchev–Trinajstić information content (AvgIpc) is 2.55. The number of hydrogen-bond acceptors (Lipinski definition) is 9. The van der Waals surface area contributed by atoms with Crippen molar-refractivity contribution in [1.82, 2.24) is 0 Å². The van der Waals surface area contributed by atoms with E-state index in [0.29, 0.717) is 6.42 Å². The SMILES string of the molecule is CCC1O[C@H](O[C@H]2OC(CO)[C@@H](F)[C@H](O)C2O)[C@H](O)C(O)[C@@H]1O. The highest BCUT2D eigenvalue weighted by Gasteiger charge is 2.49. The molecule has 2 saturated heterocycles. The Morgan fingerprint density at radius 1 is 0.826 bits per heavy atom. The summed E-state index contributed by atoms with van der Waals surface area (Å²) in [5.41, 5.74) is 0. The van der Waals surface area contributed by atoms with Crippen molar-refractivity contribution >= 4 is 0 Å². The van der Waals surface area contributed by atoms with Crippen LogP contribution in [0.25, 0.3) is 0 Å². The van der Waals surface area contributed by atoms with Crippen LogP contribution in [0.2, 0.25) is 0 Å². The van der Waals surface area contributed by atoms with Crippen molar-refractivity contribution in [1.29, 1.82) is 0 Å². The van der Waals surface area contributed by atoms with Gasteiger partial charge in [0, 0.05) is 0 Å². The first kappa shape index (κ1) is 18.9. The van der Waals surface area contributed by atoms with Crippen LogP contribution in [0.5, 0.6) is 0 Å². The summed E-state index contributed by atoms with van der Waals surface area (Å²) in [4.78, 5) is 0. The van der Waals surface area contributed by atoms with Gasteiger partial charge in [0.2, 0.25) is 0 Å². The zero-order valence-corrected chi connectivity index (χ0v) is 12.5. The minimum Gasteiger partial charge on any atom is -0.394 e. The predicted molar refractivity (Wildman–Crippen MR) is 70.7 cm³/mol. The molecule has 0 aromatic carbocycles. The number of aliphatic hydroxyl groups is 6. The zero-order chi connectivity index (χ0) is 17.3. The maximum absolute atomic E-state index is 13.6. The Hall–Kier alpha value is -0.430. The molecule has 0 aliphatic carbocycles. The largest absolute Gasteiger partial charge is 0.394 e. The Balaban J connectivity index is 2.07. The minimum atomic E-state index is -2.01. The number of hydrogen-bond donors (Lipinski definition) is 6. The first-order valence-electron chi connectivity index (χ1n) is 7.43. The van der Waals surface area contributed by atoms with Gasteiger partial charge in [-0.3, -0.25) is 0 Å². The summed E-state index contributed by atoms with van der Waals surface area (Å²) in [5, 5.41) is 57.9. The van der Waals surface area contributed by atoms with Gasteiger partial charge in [-0.1, -0.05) is 6.92 Å². The first-order valence-corrected chi connectivity index (χ1v) is 7.43. The van der Waals surface area contributed by atoms with Gasteiger partial charge in [0.15, 0.2) is 18.8 Å². The van der Waals surface area contributed by atoms with Crippen molar-refractivity contribution in [3.8, 4) is 0 Å². The smallest absolute Gasteiger partial charge is 0.189 e. The van der Waals surface area contributed by atoms with E-state index in [0.717, 1.165) is 0 Å². The molecule has 2 rings (SSSR count). The van der Waals surface area contributed by atoms with E-state index in [2.05, 4.69) is 0 Å². The van der Waals surface area contributed by atoms with Crippen LogP contribution in [0.4, 0.5) is 4.39 Å². The monoisotopic (exact) mass is 342 g/mol. The molecule has 10 heteroatoms. The highest BCUT2D eigenvalue weighted by molar-refractivity contribution is 4.92. The molecule has 0 saturated carbocycles. The molecular formula is C13H23FO9. The van der Waals surface area contributed by atoms with Crippen molar-refractivity contribution < 1.29 is 49.2 Å². The molecule has 0 bridgehead atoms. The normalized spacial score (nSPS) is 51.7. The van der Waals surface area contributed by atoms with Gasteiger partial charge in [-0.05, 0) is 6.42 Å². The molecule has 0 aromatic heterocycles. The molecule has 0 spiro atoms. The number of ether oxygens (including phenoxy) is 3. The topological polar surface area (TPSA) is 149 Å². The Kier molecular flexibility index (Phi) is 6.28. The number of halogens is 1. The Morgan fingerprint density at radius 3 is 1.87 bits per heavy atom. The van der Waals surface area contributed by atoms with Crippen LogP contribution < -0.4 is 0 Å². The lowest BCUT2D eigenvalue weighted by Gasteiger charge is -2.44. The molecule has 4 unspecified atom stereocenters. The summed E-state index contributed by atoms with van der Waals surface area (Å²) >= 11 is 0. The Bertz CT molecular complexity index is 348. The Morgan fingerprint density at radius 2 is 1.35 bits per heavy atom. The van der Waals surface area contributed by atoms with Gasteiger partial charge in [-0.15, -0.1) is 0 Å². The van der Waals surface area contributed by atoms with Gasteiger partial charge >= 0.3 is 0 Å². The second kappa shape index (κ2) is 7.64. The summed E-state index contributed by atoms with van der Waals surface area (Å²) in [6, 6.07) is 0. The lowest BCUT2D eigenvalue weighted by atomic mass is 9.97. The van der Waals surface area contributed by atoms with E-state index in [9.17, 15) is 29.9 Å². The number of rotatable bonds is 4. The lowest BCUT2D eigenvalue weighted by molar-refractivity contribution is -0.371. The number of alkyl halides is 1. The van der Waals surface area contributed by atoms with Gasteiger partial charge in [-0.2, -0.15) is 0 Å². The molecule has 2 aliphatic rings. The van der Waals surface area contributed by atoms with Crippen molar-refractivity contribution in [2.45, 2.75) is 74.8 Å². The fourth-order valence-corrected chi connectivity index (χ4v) is 2.65. The van der Waals surface area contributed by atoms with Crippen molar-refractivity contribution in [2.75, 3.05) is 6.61 Å². The van der Waals surface area contributed by atoms with Crippen LogP contribution in [0, 0.1) is 0 Å². The third-order valence-electron chi connectivity index (χ3n) is 4.14. The fraction of sp³-hybridized carbons (Fsp3) is 1.00. The van der Waals surface area contributed by atoms with Crippen molar-refractivity contribution in [2.24, 2.45) is 0 Å². The fourth-order valence-electron chi connectivity index (χ4n) is 2.65. The molecule has 0 radical (unpaired) electrons. The lowest BCUT2D eigenvalue weighted by Crippen LogP contribution is -2.62. The maximum Gasteiger partial charge on any atom is 0.189 e. The van der Waals surface area contributed by atoms with E-state index in [1.807, 2.05) is 0 Å². The molecule has 136 valence electrons. The molecule has 0 aromatic rings. The van der Waals surface area contributed by atoms with E-state index >= 15 is 0 Å². The molecule has 6 N–H and O–H groups in total. The molecule has 2 aliphatic heterocycles. The highest BCUT2D eigenvalue weighted by Crippen LogP contribution is 2.29.